The van der Waals surface area contributed by atoms with Gasteiger partial charge in [0.2, 0.25) is 5.91 Å². The number of benzene rings is 3. The number of nitrogens with one attached hydrogen (secondary N) is 1. The molecule has 34 heavy (non-hydrogen) atoms. The van der Waals surface area contributed by atoms with Crippen molar-refractivity contribution in [3.63, 3.8) is 0 Å². The summed E-state index contributed by atoms with van der Waals surface area (Å²) >= 11 is 12.4. The van der Waals surface area contributed by atoms with Gasteiger partial charge in [0.05, 0.1) is 28.8 Å². The fourth-order valence-corrected chi connectivity index (χ4v) is 5.49. The number of nitrogens with zero attached hydrogens (tertiary/aromatic N) is 2. The van der Waals surface area contributed by atoms with Gasteiger partial charge in [0.25, 0.3) is 10.0 Å². The van der Waals surface area contributed by atoms with Crippen molar-refractivity contribution in [3.05, 3.63) is 82.8 Å². The van der Waals surface area contributed by atoms with E-state index in [0.29, 0.717) is 23.9 Å². The third kappa shape index (κ3) is 5.64. The molecule has 1 heterocycles. The molecule has 0 saturated carbocycles. The van der Waals surface area contributed by atoms with E-state index in [1.165, 1.54) is 24.3 Å². The molecule has 0 spiro atoms. The Kier molecular flexibility index (Phi) is 7.63. The lowest BCUT2D eigenvalue weighted by atomic mass is 10.2. The van der Waals surface area contributed by atoms with Crippen molar-refractivity contribution in [1.82, 2.24) is 0 Å². The van der Waals surface area contributed by atoms with Crippen molar-refractivity contribution >= 4 is 56.2 Å². The molecule has 1 amide bonds. The van der Waals surface area contributed by atoms with E-state index in [2.05, 4.69) is 10.2 Å². The highest BCUT2D eigenvalue weighted by atomic mass is 35.5. The van der Waals surface area contributed by atoms with Gasteiger partial charge in [0.1, 0.15) is 6.54 Å². The fraction of sp³-hybridized carbons (Fsp3) is 0.208. The minimum atomic E-state index is -4.09. The molecule has 1 N–H and O–H groups in total. The van der Waals surface area contributed by atoms with Crippen molar-refractivity contribution in [2.75, 3.05) is 47.4 Å². The highest BCUT2D eigenvalue weighted by Gasteiger charge is 2.29. The molecule has 1 aliphatic rings. The molecule has 0 aromatic heterocycles. The topological polar surface area (TPSA) is 79.0 Å². The number of halogens is 2. The number of hydrogen-bond acceptors (Lipinski definition) is 5. The van der Waals surface area contributed by atoms with E-state index in [9.17, 15) is 13.2 Å². The van der Waals surface area contributed by atoms with Gasteiger partial charge in [-0.2, -0.15) is 0 Å². The van der Waals surface area contributed by atoms with Gasteiger partial charge in [0.15, 0.2) is 0 Å². The number of hydrogen-bond donors (Lipinski definition) is 1. The Hall–Kier alpha value is -2.78. The largest absolute Gasteiger partial charge is 0.378 e. The van der Waals surface area contributed by atoms with Crippen LogP contribution in [0.4, 0.5) is 17.1 Å². The quantitative estimate of drug-likeness (QED) is 0.490. The highest BCUT2D eigenvalue weighted by Crippen LogP contribution is 2.33. The molecule has 4 rings (SSSR count). The summed E-state index contributed by atoms with van der Waals surface area (Å²) in [6.45, 7) is 2.48. The van der Waals surface area contributed by atoms with Crippen molar-refractivity contribution in [3.8, 4) is 0 Å². The maximum absolute atomic E-state index is 13.4. The molecule has 0 bridgehead atoms. The maximum atomic E-state index is 13.4. The number of ether oxygens (including phenoxy) is 1. The molecule has 0 radical (unpaired) electrons. The number of carbonyl (C=O) groups is 1. The van der Waals surface area contributed by atoms with Gasteiger partial charge < -0.3 is 15.0 Å². The number of anilines is 3. The average molecular weight is 520 g/mol. The summed E-state index contributed by atoms with van der Waals surface area (Å²) in [6, 6.07) is 19.7. The Morgan fingerprint density at radius 2 is 1.65 bits per heavy atom. The third-order valence-corrected chi connectivity index (χ3v) is 7.65. The van der Waals surface area contributed by atoms with Gasteiger partial charge >= 0.3 is 0 Å². The predicted octanol–water partition coefficient (Wildman–Crippen LogP) is 4.66. The van der Waals surface area contributed by atoms with Crippen LogP contribution < -0.4 is 14.5 Å². The zero-order valence-electron chi connectivity index (χ0n) is 18.2. The first kappa shape index (κ1) is 24.3. The first-order valence-electron chi connectivity index (χ1n) is 10.6. The molecule has 10 heteroatoms. The standard InChI is InChI=1S/C24H23Cl2N3O4S/c25-18-6-11-22(26)23(16-18)29(34(31,32)21-4-2-1-3-5-21)17-24(30)27-19-7-9-20(10-8-19)28-12-14-33-15-13-28/h1-11,16H,12-15,17H2,(H,27,30). The average Bonchev–Trinajstić information content (AvgIpc) is 2.85. The van der Waals surface area contributed by atoms with Crippen molar-refractivity contribution in [1.29, 1.82) is 0 Å². The number of carbonyl (C=O) groups excluding carboxylic acids is 1. The summed E-state index contributed by atoms with van der Waals surface area (Å²) in [4.78, 5) is 15.2. The van der Waals surface area contributed by atoms with Crippen LogP contribution in [-0.2, 0) is 19.6 Å². The summed E-state index contributed by atoms with van der Waals surface area (Å²) in [5.74, 6) is -0.519. The van der Waals surface area contributed by atoms with Crippen LogP contribution in [0.2, 0.25) is 10.0 Å². The second-order valence-electron chi connectivity index (χ2n) is 7.61. The van der Waals surface area contributed by atoms with Gasteiger partial charge in [-0.25, -0.2) is 8.42 Å². The second-order valence-corrected chi connectivity index (χ2v) is 10.3. The first-order valence-corrected chi connectivity index (χ1v) is 12.8. The van der Waals surface area contributed by atoms with Gasteiger partial charge in [0, 0.05) is 29.5 Å². The van der Waals surface area contributed by atoms with E-state index in [-0.39, 0.29) is 15.6 Å². The Morgan fingerprint density at radius 3 is 2.32 bits per heavy atom. The number of rotatable bonds is 7. The van der Waals surface area contributed by atoms with E-state index in [1.54, 1.807) is 36.4 Å². The normalized spacial score (nSPS) is 14.0. The van der Waals surface area contributed by atoms with Gasteiger partial charge in [-0.1, -0.05) is 41.4 Å². The van der Waals surface area contributed by atoms with Crippen LogP contribution in [0, 0.1) is 0 Å². The molecule has 0 unspecified atom stereocenters. The van der Waals surface area contributed by atoms with Gasteiger partial charge in [-0.3, -0.25) is 9.10 Å². The molecule has 7 nitrogen and oxygen atoms in total. The molecule has 3 aromatic rings. The summed E-state index contributed by atoms with van der Waals surface area (Å²) < 4.78 is 33.2. The molecule has 0 atom stereocenters. The second kappa shape index (κ2) is 10.7. The minimum absolute atomic E-state index is 0.0358. The summed E-state index contributed by atoms with van der Waals surface area (Å²) in [7, 11) is -4.09. The van der Waals surface area contributed by atoms with Crippen LogP contribution in [-0.4, -0.2) is 47.2 Å². The summed E-state index contributed by atoms with van der Waals surface area (Å²) in [5.41, 5.74) is 1.70. The molecule has 1 saturated heterocycles. The Bertz CT molecular complexity index is 1250. The van der Waals surface area contributed by atoms with E-state index >= 15 is 0 Å². The van der Waals surface area contributed by atoms with Crippen LogP contribution >= 0.6 is 23.2 Å². The highest BCUT2D eigenvalue weighted by molar-refractivity contribution is 7.92. The lowest BCUT2D eigenvalue weighted by Crippen LogP contribution is -2.38. The molecule has 1 aliphatic heterocycles. The van der Waals surface area contributed by atoms with Gasteiger partial charge in [-0.15, -0.1) is 0 Å². The molecule has 178 valence electrons. The molecule has 1 fully saturated rings. The zero-order chi connectivity index (χ0) is 24.1. The number of sulfonamides is 1. The van der Waals surface area contributed by atoms with Crippen LogP contribution in [0.15, 0.2) is 77.7 Å². The number of amides is 1. The molecular formula is C24H23Cl2N3O4S. The van der Waals surface area contributed by atoms with Crippen LogP contribution in [0.3, 0.4) is 0 Å². The van der Waals surface area contributed by atoms with Crippen LogP contribution in [0.5, 0.6) is 0 Å². The smallest absolute Gasteiger partial charge is 0.264 e. The Balaban J connectivity index is 1.56. The minimum Gasteiger partial charge on any atom is -0.378 e. The summed E-state index contributed by atoms with van der Waals surface area (Å²) in [6.07, 6.45) is 0. The van der Waals surface area contributed by atoms with Crippen LogP contribution in [0.25, 0.3) is 0 Å². The number of morpholine rings is 1. The monoisotopic (exact) mass is 519 g/mol. The van der Waals surface area contributed by atoms with E-state index < -0.39 is 22.5 Å². The lowest BCUT2D eigenvalue weighted by Gasteiger charge is -2.29. The predicted molar refractivity (Wildman–Crippen MR) is 136 cm³/mol. The molecule has 0 aliphatic carbocycles. The molecular weight excluding hydrogens is 497 g/mol. The lowest BCUT2D eigenvalue weighted by molar-refractivity contribution is -0.114. The maximum Gasteiger partial charge on any atom is 0.264 e. The van der Waals surface area contributed by atoms with Gasteiger partial charge in [-0.05, 0) is 54.6 Å². The van der Waals surface area contributed by atoms with E-state index in [1.807, 2.05) is 12.1 Å². The SMILES string of the molecule is O=C(CN(c1cc(Cl)ccc1Cl)S(=O)(=O)c1ccccc1)Nc1ccc(N2CCOCC2)cc1. The first-order chi connectivity index (χ1) is 16.3. The molecule has 3 aromatic carbocycles. The van der Waals surface area contributed by atoms with E-state index in [4.69, 9.17) is 27.9 Å². The van der Waals surface area contributed by atoms with Crippen molar-refractivity contribution in [2.45, 2.75) is 4.90 Å². The van der Waals surface area contributed by atoms with Crippen molar-refractivity contribution < 1.29 is 17.9 Å². The van der Waals surface area contributed by atoms with Crippen molar-refractivity contribution in [2.24, 2.45) is 0 Å². The Labute approximate surface area is 208 Å². The summed E-state index contributed by atoms with van der Waals surface area (Å²) in [5, 5.41) is 3.22. The van der Waals surface area contributed by atoms with E-state index in [0.717, 1.165) is 23.1 Å². The van der Waals surface area contributed by atoms with Crippen LogP contribution in [0.1, 0.15) is 0 Å². The zero-order valence-corrected chi connectivity index (χ0v) is 20.5. The third-order valence-electron chi connectivity index (χ3n) is 5.32. The fourth-order valence-electron chi connectivity index (χ4n) is 3.60. The Morgan fingerprint density at radius 1 is 0.971 bits per heavy atom.